The Bertz CT molecular complexity index is 853. The fourth-order valence-corrected chi connectivity index (χ4v) is 2.64. The largest absolute Gasteiger partial charge is 0.383 e. The van der Waals surface area contributed by atoms with Gasteiger partial charge in [-0.25, -0.2) is 9.97 Å². The third-order valence-electron chi connectivity index (χ3n) is 4.05. The van der Waals surface area contributed by atoms with Gasteiger partial charge >= 0.3 is 0 Å². The van der Waals surface area contributed by atoms with Gasteiger partial charge in [0.05, 0.1) is 24.2 Å². The fraction of sp³-hybridized carbons (Fsp3) is 0.562. The molecule has 0 aromatic carbocycles. The summed E-state index contributed by atoms with van der Waals surface area (Å²) >= 11 is 0. The van der Waals surface area contributed by atoms with E-state index in [9.17, 15) is 0 Å². The predicted molar refractivity (Wildman–Crippen MR) is 94.3 cm³/mol. The molecule has 0 spiro atoms. The SMILES string of the molecule is COCCn1cnnc1[C@H](C)Nc1nc(C(C)C)nc2c1cnn2C. The van der Waals surface area contributed by atoms with E-state index in [2.05, 4.69) is 39.4 Å². The molecule has 0 aliphatic rings. The number of methoxy groups -OCH3 is 1. The summed E-state index contributed by atoms with van der Waals surface area (Å²) in [5.74, 6) is 2.60. The van der Waals surface area contributed by atoms with Gasteiger partial charge in [0.1, 0.15) is 18.0 Å². The van der Waals surface area contributed by atoms with Crippen LogP contribution in [0.25, 0.3) is 11.0 Å². The first-order valence-corrected chi connectivity index (χ1v) is 8.34. The Labute approximate surface area is 146 Å². The normalized spacial score (nSPS) is 12.9. The molecule has 0 unspecified atom stereocenters. The molecule has 9 nitrogen and oxygen atoms in total. The highest BCUT2D eigenvalue weighted by Gasteiger charge is 2.18. The lowest BCUT2D eigenvalue weighted by Gasteiger charge is -2.17. The van der Waals surface area contributed by atoms with Crippen LogP contribution in [0.4, 0.5) is 5.82 Å². The highest BCUT2D eigenvalue weighted by atomic mass is 16.5. The Morgan fingerprint density at radius 2 is 2.04 bits per heavy atom. The lowest BCUT2D eigenvalue weighted by Crippen LogP contribution is -2.17. The van der Waals surface area contributed by atoms with Crippen LogP contribution in [0.5, 0.6) is 0 Å². The number of fused-ring (bicyclic) bond motifs is 1. The molecule has 3 aromatic rings. The minimum Gasteiger partial charge on any atom is -0.383 e. The van der Waals surface area contributed by atoms with Gasteiger partial charge in [0.2, 0.25) is 0 Å². The zero-order valence-corrected chi connectivity index (χ0v) is 15.3. The van der Waals surface area contributed by atoms with E-state index in [1.54, 1.807) is 24.3 Å². The van der Waals surface area contributed by atoms with Crippen molar-refractivity contribution in [1.82, 2.24) is 34.5 Å². The number of nitrogens with one attached hydrogen (secondary N) is 1. The van der Waals surface area contributed by atoms with E-state index in [0.29, 0.717) is 13.2 Å². The first-order valence-electron chi connectivity index (χ1n) is 8.34. The maximum Gasteiger partial charge on any atom is 0.163 e. The molecule has 1 atom stereocenters. The second kappa shape index (κ2) is 7.14. The van der Waals surface area contributed by atoms with Crippen LogP contribution in [0.3, 0.4) is 0 Å². The second-order valence-corrected chi connectivity index (χ2v) is 6.33. The number of aromatic nitrogens is 7. The van der Waals surface area contributed by atoms with Crippen LogP contribution in [0.1, 0.15) is 44.4 Å². The van der Waals surface area contributed by atoms with Gasteiger partial charge in [-0.05, 0) is 6.92 Å². The zero-order valence-electron chi connectivity index (χ0n) is 15.3. The lowest BCUT2D eigenvalue weighted by atomic mass is 10.2. The number of ether oxygens (including phenoxy) is 1. The number of aryl methyl sites for hydroxylation is 1. The molecule has 0 amide bonds. The summed E-state index contributed by atoms with van der Waals surface area (Å²) < 4.78 is 8.88. The van der Waals surface area contributed by atoms with E-state index >= 15 is 0 Å². The van der Waals surface area contributed by atoms with E-state index in [-0.39, 0.29) is 12.0 Å². The first-order chi connectivity index (χ1) is 12.0. The molecule has 0 fully saturated rings. The molecule has 1 N–H and O–H groups in total. The average molecular weight is 344 g/mol. The van der Waals surface area contributed by atoms with Crippen molar-refractivity contribution >= 4 is 16.9 Å². The monoisotopic (exact) mass is 344 g/mol. The fourth-order valence-electron chi connectivity index (χ4n) is 2.64. The van der Waals surface area contributed by atoms with E-state index in [1.165, 1.54) is 0 Å². The smallest absolute Gasteiger partial charge is 0.163 e. The minimum absolute atomic E-state index is 0.0716. The third kappa shape index (κ3) is 3.46. The molecule has 9 heteroatoms. The summed E-state index contributed by atoms with van der Waals surface area (Å²) in [7, 11) is 3.56. The molecular formula is C16H24N8O. The van der Waals surface area contributed by atoms with Crippen molar-refractivity contribution in [3.8, 4) is 0 Å². The summed E-state index contributed by atoms with van der Waals surface area (Å²) in [4.78, 5) is 9.32. The lowest BCUT2D eigenvalue weighted by molar-refractivity contribution is 0.186. The Kier molecular flexibility index (Phi) is 4.93. The quantitative estimate of drug-likeness (QED) is 0.699. The topological polar surface area (TPSA) is 95.6 Å². The molecule has 0 aliphatic heterocycles. The van der Waals surface area contributed by atoms with Crippen LogP contribution in [0.2, 0.25) is 0 Å². The van der Waals surface area contributed by atoms with Crippen molar-refractivity contribution in [2.45, 2.75) is 39.3 Å². The van der Waals surface area contributed by atoms with Gasteiger partial charge in [-0.3, -0.25) is 4.68 Å². The maximum absolute atomic E-state index is 5.14. The van der Waals surface area contributed by atoms with Crippen LogP contribution in [0, 0.1) is 0 Å². The summed E-state index contributed by atoms with van der Waals surface area (Å²) in [5.41, 5.74) is 0.814. The predicted octanol–water partition coefficient (Wildman–Crippen LogP) is 1.90. The van der Waals surface area contributed by atoms with Crippen molar-refractivity contribution in [2.24, 2.45) is 7.05 Å². The van der Waals surface area contributed by atoms with Gasteiger partial charge < -0.3 is 14.6 Å². The van der Waals surface area contributed by atoms with Gasteiger partial charge in [-0.1, -0.05) is 13.8 Å². The van der Waals surface area contributed by atoms with Gasteiger partial charge in [0.25, 0.3) is 0 Å². The average Bonchev–Trinajstić information content (AvgIpc) is 3.20. The van der Waals surface area contributed by atoms with E-state index < -0.39 is 0 Å². The van der Waals surface area contributed by atoms with E-state index in [1.807, 2.05) is 18.5 Å². The molecule has 0 aliphatic carbocycles. The van der Waals surface area contributed by atoms with Crippen LogP contribution in [-0.2, 0) is 18.3 Å². The number of anilines is 1. The molecule has 0 bridgehead atoms. The van der Waals surface area contributed by atoms with Crippen molar-refractivity contribution in [1.29, 1.82) is 0 Å². The van der Waals surface area contributed by atoms with E-state index in [4.69, 9.17) is 9.72 Å². The van der Waals surface area contributed by atoms with Gasteiger partial charge in [-0.2, -0.15) is 5.10 Å². The molecule has 25 heavy (non-hydrogen) atoms. The van der Waals surface area contributed by atoms with Crippen molar-refractivity contribution < 1.29 is 4.74 Å². The van der Waals surface area contributed by atoms with Crippen molar-refractivity contribution in [3.63, 3.8) is 0 Å². The number of hydrogen-bond donors (Lipinski definition) is 1. The highest BCUT2D eigenvalue weighted by molar-refractivity contribution is 5.86. The van der Waals surface area contributed by atoms with Crippen LogP contribution in [-0.4, -0.2) is 48.2 Å². The Morgan fingerprint density at radius 3 is 2.76 bits per heavy atom. The second-order valence-electron chi connectivity index (χ2n) is 6.33. The molecule has 3 rings (SSSR count). The third-order valence-corrected chi connectivity index (χ3v) is 4.05. The minimum atomic E-state index is -0.0716. The van der Waals surface area contributed by atoms with Crippen molar-refractivity contribution in [2.75, 3.05) is 19.0 Å². The molecule has 3 aromatic heterocycles. The highest BCUT2D eigenvalue weighted by Crippen LogP contribution is 2.25. The van der Waals surface area contributed by atoms with Gasteiger partial charge in [-0.15, -0.1) is 10.2 Å². The van der Waals surface area contributed by atoms with Gasteiger partial charge in [0.15, 0.2) is 11.5 Å². The number of hydrogen-bond acceptors (Lipinski definition) is 7. The number of rotatable bonds is 7. The van der Waals surface area contributed by atoms with E-state index in [0.717, 1.165) is 28.5 Å². The molecule has 3 heterocycles. The Morgan fingerprint density at radius 1 is 1.24 bits per heavy atom. The molecule has 134 valence electrons. The molecule has 0 radical (unpaired) electrons. The standard InChI is InChI=1S/C16H24N8O/c1-10(2)13-20-14(12-8-18-23(4)16(12)21-13)19-11(3)15-22-17-9-24(15)6-7-25-5/h8-11H,6-7H2,1-5H3,(H,19,20,21)/t11-/m0/s1. The maximum atomic E-state index is 5.14. The van der Waals surface area contributed by atoms with Crippen molar-refractivity contribution in [3.05, 3.63) is 24.2 Å². The summed E-state index contributed by atoms with van der Waals surface area (Å²) in [6.45, 7) is 7.49. The Hall–Kier alpha value is -2.55. The molecule has 0 saturated heterocycles. The summed E-state index contributed by atoms with van der Waals surface area (Å²) in [6.07, 6.45) is 3.50. The Balaban J connectivity index is 1.93. The van der Waals surface area contributed by atoms with Crippen LogP contribution in [0.15, 0.2) is 12.5 Å². The van der Waals surface area contributed by atoms with Gasteiger partial charge in [0, 0.05) is 26.6 Å². The number of nitrogens with zero attached hydrogens (tertiary/aromatic N) is 7. The van der Waals surface area contributed by atoms with Crippen LogP contribution >= 0.6 is 0 Å². The molecular weight excluding hydrogens is 320 g/mol. The summed E-state index contributed by atoms with van der Waals surface area (Å²) in [5, 5.41) is 16.9. The van der Waals surface area contributed by atoms with Crippen LogP contribution < -0.4 is 5.32 Å². The molecule has 0 saturated carbocycles. The first kappa shape index (κ1) is 17.3. The zero-order chi connectivity index (χ0) is 18.0. The summed E-state index contributed by atoms with van der Waals surface area (Å²) in [6, 6.07) is -0.0716.